The highest BCUT2D eigenvalue weighted by atomic mass is 79.9. The first-order chi connectivity index (χ1) is 9.82. The molecule has 0 aliphatic rings. The van der Waals surface area contributed by atoms with Gasteiger partial charge in [-0.2, -0.15) is 5.26 Å². The van der Waals surface area contributed by atoms with Crippen LogP contribution in [-0.2, 0) is 11.2 Å². The number of carbonyl (C=O) groups is 1. The highest BCUT2D eigenvalue weighted by Gasteiger charge is 2.19. The van der Waals surface area contributed by atoms with Gasteiger partial charge in [-0.25, -0.2) is 0 Å². The highest BCUT2D eigenvalue weighted by Crippen LogP contribution is 2.26. The second-order valence-corrected chi connectivity index (χ2v) is 6.78. The van der Waals surface area contributed by atoms with Crippen molar-refractivity contribution in [3.8, 4) is 6.07 Å². The molecule has 0 bridgehead atoms. The molecular weight excluding hydrogens is 330 g/mol. The Kier molecular flexibility index (Phi) is 4.38. The summed E-state index contributed by atoms with van der Waals surface area (Å²) >= 11 is 3.46. The number of rotatable bonds is 4. The molecule has 0 spiro atoms. The Hall–Kier alpha value is -1.80. The van der Waals surface area contributed by atoms with Crippen LogP contribution in [0.3, 0.4) is 0 Å². The SMILES string of the molecule is Cc1[nH]c2ccc(Br)cc2c1CC(=O)NCC(C)(C)C#N. The Morgan fingerprint density at radius 3 is 2.86 bits per heavy atom. The van der Waals surface area contributed by atoms with Crippen LogP contribution in [0.2, 0.25) is 0 Å². The fourth-order valence-electron chi connectivity index (χ4n) is 2.16. The van der Waals surface area contributed by atoms with E-state index < -0.39 is 5.41 Å². The summed E-state index contributed by atoms with van der Waals surface area (Å²) in [7, 11) is 0. The first-order valence-electron chi connectivity index (χ1n) is 6.77. The average molecular weight is 348 g/mol. The molecule has 2 rings (SSSR count). The molecule has 21 heavy (non-hydrogen) atoms. The average Bonchev–Trinajstić information content (AvgIpc) is 2.73. The third-order valence-corrected chi connectivity index (χ3v) is 3.94. The minimum atomic E-state index is -0.548. The fourth-order valence-corrected chi connectivity index (χ4v) is 2.53. The van der Waals surface area contributed by atoms with Crippen LogP contribution in [0.25, 0.3) is 10.9 Å². The maximum Gasteiger partial charge on any atom is 0.224 e. The summed E-state index contributed by atoms with van der Waals surface area (Å²) in [5.41, 5.74) is 2.47. The van der Waals surface area contributed by atoms with E-state index in [1.807, 2.05) is 25.1 Å². The molecule has 1 amide bonds. The second-order valence-electron chi connectivity index (χ2n) is 5.87. The molecule has 0 saturated carbocycles. The molecule has 0 radical (unpaired) electrons. The van der Waals surface area contributed by atoms with Crippen molar-refractivity contribution in [1.82, 2.24) is 10.3 Å². The molecule has 0 atom stereocenters. The van der Waals surface area contributed by atoms with Gasteiger partial charge in [0.1, 0.15) is 0 Å². The molecule has 0 aliphatic heterocycles. The molecule has 110 valence electrons. The van der Waals surface area contributed by atoms with Crippen molar-refractivity contribution in [1.29, 1.82) is 5.26 Å². The summed E-state index contributed by atoms with van der Waals surface area (Å²) in [4.78, 5) is 15.4. The lowest BCUT2D eigenvalue weighted by atomic mass is 9.96. The van der Waals surface area contributed by atoms with Gasteiger partial charge in [-0.05, 0) is 44.5 Å². The lowest BCUT2D eigenvalue weighted by Gasteiger charge is -2.15. The van der Waals surface area contributed by atoms with Gasteiger partial charge in [-0.3, -0.25) is 4.79 Å². The number of hydrogen-bond donors (Lipinski definition) is 2. The van der Waals surface area contributed by atoms with Gasteiger partial charge < -0.3 is 10.3 Å². The quantitative estimate of drug-likeness (QED) is 0.889. The van der Waals surface area contributed by atoms with Crippen molar-refractivity contribution >= 4 is 32.7 Å². The number of halogens is 1. The number of aromatic nitrogens is 1. The first-order valence-corrected chi connectivity index (χ1v) is 7.56. The van der Waals surface area contributed by atoms with E-state index in [0.717, 1.165) is 26.6 Å². The van der Waals surface area contributed by atoms with Crippen molar-refractivity contribution in [3.63, 3.8) is 0 Å². The van der Waals surface area contributed by atoms with Crippen LogP contribution in [0.5, 0.6) is 0 Å². The van der Waals surface area contributed by atoms with Crippen molar-refractivity contribution in [2.75, 3.05) is 6.54 Å². The summed E-state index contributed by atoms with van der Waals surface area (Å²) in [6.45, 7) is 5.94. The molecule has 4 nitrogen and oxygen atoms in total. The topological polar surface area (TPSA) is 68.7 Å². The van der Waals surface area contributed by atoms with Gasteiger partial charge in [0, 0.05) is 27.6 Å². The molecule has 0 aliphatic carbocycles. The Morgan fingerprint density at radius 2 is 2.19 bits per heavy atom. The van der Waals surface area contributed by atoms with E-state index in [1.165, 1.54) is 0 Å². The van der Waals surface area contributed by atoms with E-state index in [4.69, 9.17) is 5.26 Å². The Labute approximate surface area is 132 Å². The van der Waals surface area contributed by atoms with Crippen LogP contribution in [0.4, 0.5) is 0 Å². The zero-order valence-electron chi connectivity index (χ0n) is 12.4. The smallest absolute Gasteiger partial charge is 0.224 e. The van der Waals surface area contributed by atoms with Crippen molar-refractivity contribution in [2.24, 2.45) is 5.41 Å². The summed E-state index contributed by atoms with van der Waals surface area (Å²) in [6, 6.07) is 8.15. The van der Waals surface area contributed by atoms with E-state index >= 15 is 0 Å². The third kappa shape index (κ3) is 3.64. The number of aromatic amines is 1. The van der Waals surface area contributed by atoms with Gasteiger partial charge in [0.15, 0.2) is 0 Å². The number of benzene rings is 1. The van der Waals surface area contributed by atoms with Crippen LogP contribution < -0.4 is 5.32 Å². The number of aryl methyl sites for hydroxylation is 1. The first kappa shape index (κ1) is 15.6. The number of carbonyl (C=O) groups excluding carboxylic acids is 1. The molecule has 0 unspecified atom stereocenters. The summed E-state index contributed by atoms with van der Waals surface area (Å²) in [5.74, 6) is -0.0673. The zero-order chi connectivity index (χ0) is 15.6. The second kappa shape index (κ2) is 5.90. The Morgan fingerprint density at radius 1 is 1.48 bits per heavy atom. The van der Waals surface area contributed by atoms with E-state index in [9.17, 15) is 4.79 Å². The minimum Gasteiger partial charge on any atom is -0.358 e. The standard InChI is InChI=1S/C16H18BrN3O/c1-10-12(7-15(21)19-9-16(2,3)8-18)13-6-11(17)4-5-14(13)20-10/h4-6,20H,7,9H2,1-3H3,(H,19,21). The number of H-pyrrole nitrogens is 1. The number of nitriles is 1. The third-order valence-electron chi connectivity index (χ3n) is 3.45. The number of fused-ring (bicyclic) bond motifs is 1. The van der Waals surface area contributed by atoms with Gasteiger partial charge in [0.05, 0.1) is 17.9 Å². The maximum atomic E-state index is 12.1. The molecule has 1 heterocycles. The van der Waals surface area contributed by atoms with Crippen molar-refractivity contribution < 1.29 is 4.79 Å². The number of nitrogens with zero attached hydrogens (tertiary/aromatic N) is 1. The van der Waals surface area contributed by atoms with Gasteiger partial charge in [0.25, 0.3) is 0 Å². The van der Waals surface area contributed by atoms with Gasteiger partial charge >= 0.3 is 0 Å². The van der Waals surface area contributed by atoms with Crippen LogP contribution in [0, 0.1) is 23.7 Å². The van der Waals surface area contributed by atoms with Gasteiger partial charge in [-0.15, -0.1) is 0 Å². The molecule has 2 N–H and O–H groups in total. The lowest BCUT2D eigenvalue weighted by Crippen LogP contribution is -2.34. The zero-order valence-corrected chi connectivity index (χ0v) is 14.0. The van der Waals surface area contributed by atoms with Crippen molar-refractivity contribution in [3.05, 3.63) is 33.9 Å². The number of amides is 1. The fraction of sp³-hybridized carbons (Fsp3) is 0.375. The summed E-state index contributed by atoms with van der Waals surface area (Å²) < 4.78 is 0.987. The van der Waals surface area contributed by atoms with E-state index in [2.05, 4.69) is 32.3 Å². The number of nitrogens with one attached hydrogen (secondary N) is 2. The summed E-state index contributed by atoms with van der Waals surface area (Å²) in [5, 5.41) is 12.9. The highest BCUT2D eigenvalue weighted by molar-refractivity contribution is 9.10. The minimum absolute atomic E-state index is 0.0673. The van der Waals surface area contributed by atoms with Crippen LogP contribution in [0.15, 0.2) is 22.7 Å². The Balaban J connectivity index is 2.16. The Bertz CT molecular complexity index is 725. The van der Waals surface area contributed by atoms with E-state index in [-0.39, 0.29) is 5.91 Å². The summed E-state index contributed by atoms with van der Waals surface area (Å²) in [6.07, 6.45) is 0.309. The van der Waals surface area contributed by atoms with Crippen LogP contribution in [0.1, 0.15) is 25.1 Å². The molecule has 0 fully saturated rings. The molecular formula is C16H18BrN3O. The lowest BCUT2D eigenvalue weighted by molar-refractivity contribution is -0.120. The maximum absolute atomic E-state index is 12.1. The molecule has 0 saturated heterocycles. The number of hydrogen-bond acceptors (Lipinski definition) is 2. The molecule has 5 heteroatoms. The van der Waals surface area contributed by atoms with E-state index in [1.54, 1.807) is 13.8 Å². The largest absolute Gasteiger partial charge is 0.358 e. The molecule has 1 aromatic carbocycles. The van der Waals surface area contributed by atoms with Gasteiger partial charge in [0.2, 0.25) is 5.91 Å². The predicted octanol–water partition coefficient (Wildman–Crippen LogP) is 3.45. The molecule has 2 aromatic rings. The van der Waals surface area contributed by atoms with Gasteiger partial charge in [-0.1, -0.05) is 15.9 Å². The molecule has 1 aromatic heterocycles. The monoisotopic (exact) mass is 347 g/mol. The predicted molar refractivity (Wildman–Crippen MR) is 86.8 cm³/mol. The van der Waals surface area contributed by atoms with Crippen molar-refractivity contribution in [2.45, 2.75) is 27.2 Å². The van der Waals surface area contributed by atoms with Crippen LogP contribution in [-0.4, -0.2) is 17.4 Å². The van der Waals surface area contributed by atoms with E-state index in [0.29, 0.717) is 13.0 Å². The normalized spacial score (nSPS) is 11.4. The van der Waals surface area contributed by atoms with Crippen LogP contribution >= 0.6 is 15.9 Å².